The molecule has 19 heavy (non-hydrogen) atoms. The maximum Gasteiger partial charge on any atom is 0.253 e. The molecule has 3 nitrogen and oxygen atoms in total. The quantitative estimate of drug-likeness (QED) is 0.855. The first-order chi connectivity index (χ1) is 8.79. The smallest absolute Gasteiger partial charge is 0.253 e. The summed E-state index contributed by atoms with van der Waals surface area (Å²) in [6, 6.07) is 4.42. The van der Waals surface area contributed by atoms with Crippen LogP contribution in [0.2, 0.25) is 0 Å². The van der Waals surface area contributed by atoms with Crippen LogP contribution >= 0.6 is 0 Å². The molecule has 0 spiro atoms. The number of halogens is 1. The van der Waals surface area contributed by atoms with Crippen molar-refractivity contribution in [1.82, 2.24) is 10.3 Å². The Morgan fingerprint density at radius 2 is 2.05 bits per heavy atom. The minimum absolute atomic E-state index is 0.00607. The van der Waals surface area contributed by atoms with Gasteiger partial charge in [0.25, 0.3) is 5.91 Å². The number of benzene rings is 1. The fraction of sp³-hybridized carbons (Fsp3) is 0.400. The Morgan fingerprint density at radius 3 is 2.68 bits per heavy atom. The molecule has 0 aliphatic rings. The molecule has 0 saturated heterocycles. The van der Waals surface area contributed by atoms with Gasteiger partial charge in [-0.1, -0.05) is 20.8 Å². The summed E-state index contributed by atoms with van der Waals surface area (Å²) in [5.41, 5.74) is 1.17. The standard InChI is InChI=1S/C15H19FN2O/c1-9(15(2,3)4)18-14(19)12-8-17-13-7-10(16)5-6-11(12)13/h5-9,17H,1-4H3,(H,18,19). The maximum absolute atomic E-state index is 13.1. The number of carbonyl (C=O) groups is 1. The van der Waals surface area contributed by atoms with Gasteiger partial charge in [0.05, 0.1) is 5.56 Å². The lowest BCUT2D eigenvalue weighted by molar-refractivity contribution is 0.0912. The number of rotatable bonds is 2. The summed E-state index contributed by atoms with van der Waals surface area (Å²) >= 11 is 0. The highest BCUT2D eigenvalue weighted by molar-refractivity contribution is 6.06. The predicted octanol–water partition coefficient (Wildman–Crippen LogP) is 3.47. The van der Waals surface area contributed by atoms with E-state index in [9.17, 15) is 9.18 Å². The largest absolute Gasteiger partial charge is 0.360 e. The summed E-state index contributed by atoms with van der Waals surface area (Å²) in [5, 5.41) is 3.71. The molecule has 2 aromatic rings. The molecule has 0 bridgehead atoms. The van der Waals surface area contributed by atoms with Crippen molar-refractivity contribution in [2.45, 2.75) is 33.7 Å². The summed E-state index contributed by atoms with van der Waals surface area (Å²) in [7, 11) is 0. The molecule has 1 atom stereocenters. The van der Waals surface area contributed by atoms with Gasteiger partial charge in [-0.05, 0) is 30.5 Å². The van der Waals surface area contributed by atoms with Crippen molar-refractivity contribution in [1.29, 1.82) is 0 Å². The van der Waals surface area contributed by atoms with Crippen molar-refractivity contribution in [2.75, 3.05) is 0 Å². The number of amides is 1. The van der Waals surface area contributed by atoms with Gasteiger partial charge in [-0.3, -0.25) is 4.79 Å². The van der Waals surface area contributed by atoms with E-state index in [1.807, 2.05) is 6.92 Å². The number of hydrogen-bond donors (Lipinski definition) is 2. The van der Waals surface area contributed by atoms with Crippen molar-refractivity contribution in [3.05, 3.63) is 35.8 Å². The first-order valence-corrected chi connectivity index (χ1v) is 6.36. The van der Waals surface area contributed by atoms with Gasteiger partial charge in [-0.2, -0.15) is 0 Å². The van der Waals surface area contributed by atoms with Crippen molar-refractivity contribution in [2.24, 2.45) is 5.41 Å². The second-order valence-electron chi connectivity index (χ2n) is 5.95. The lowest BCUT2D eigenvalue weighted by atomic mass is 9.88. The van der Waals surface area contributed by atoms with E-state index < -0.39 is 0 Å². The highest BCUT2D eigenvalue weighted by Crippen LogP contribution is 2.22. The zero-order valence-electron chi connectivity index (χ0n) is 11.7. The Morgan fingerprint density at radius 1 is 1.37 bits per heavy atom. The molecule has 1 amide bonds. The molecule has 102 valence electrons. The van der Waals surface area contributed by atoms with E-state index in [0.717, 1.165) is 5.39 Å². The number of nitrogens with one attached hydrogen (secondary N) is 2. The number of aromatic amines is 1. The number of fused-ring (bicyclic) bond motifs is 1. The summed E-state index contributed by atoms with van der Waals surface area (Å²) in [6.07, 6.45) is 1.62. The number of aromatic nitrogens is 1. The molecule has 0 aliphatic heterocycles. The third-order valence-corrected chi connectivity index (χ3v) is 3.54. The van der Waals surface area contributed by atoms with Crippen molar-refractivity contribution >= 4 is 16.8 Å². The summed E-state index contributed by atoms with van der Waals surface area (Å²) in [5.74, 6) is -0.454. The molecule has 0 radical (unpaired) electrons. The second kappa shape index (κ2) is 4.68. The van der Waals surface area contributed by atoms with E-state index in [1.165, 1.54) is 12.1 Å². The van der Waals surface area contributed by atoms with E-state index >= 15 is 0 Å². The summed E-state index contributed by atoms with van der Waals surface area (Å²) < 4.78 is 13.1. The highest BCUT2D eigenvalue weighted by atomic mass is 19.1. The van der Waals surface area contributed by atoms with Crippen molar-refractivity contribution < 1.29 is 9.18 Å². The van der Waals surface area contributed by atoms with Gasteiger partial charge in [-0.15, -0.1) is 0 Å². The van der Waals surface area contributed by atoms with Crippen LogP contribution in [-0.2, 0) is 0 Å². The third kappa shape index (κ3) is 2.78. The van der Waals surface area contributed by atoms with Crippen molar-refractivity contribution in [3.63, 3.8) is 0 Å². The van der Waals surface area contributed by atoms with E-state index in [1.54, 1.807) is 12.3 Å². The molecule has 1 heterocycles. The lowest BCUT2D eigenvalue weighted by Crippen LogP contribution is -2.41. The fourth-order valence-corrected chi connectivity index (χ4v) is 1.78. The van der Waals surface area contributed by atoms with Crippen molar-refractivity contribution in [3.8, 4) is 0 Å². The number of carbonyl (C=O) groups excluding carboxylic acids is 1. The zero-order valence-corrected chi connectivity index (χ0v) is 11.7. The third-order valence-electron chi connectivity index (χ3n) is 3.54. The molecular formula is C15H19FN2O. The normalized spacial score (nSPS) is 13.5. The first-order valence-electron chi connectivity index (χ1n) is 6.36. The van der Waals surface area contributed by atoms with Gasteiger partial charge >= 0.3 is 0 Å². The van der Waals surface area contributed by atoms with Crippen LogP contribution < -0.4 is 5.32 Å². The number of H-pyrrole nitrogens is 1. The molecule has 1 aromatic carbocycles. The Hall–Kier alpha value is -1.84. The topological polar surface area (TPSA) is 44.9 Å². The van der Waals surface area contributed by atoms with Gasteiger partial charge < -0.3 is 10.3 Å². The summed E-state index contributed by atoms with van der Waals surface area (Å²) in [4.78, 5) is 15.2. The molecule has 2 N–H and O–H groups in total. The maximum atomic E-state index is 13.1. The van der Waals surface area contributed by atoms with Crippen LogP contribution in [0.1, 0.15) is 38.1 Å². The SMILES string of the molecule is CC(NC(=O)c1c[nH]c2cc(F)ccc12)C(C)(C)C. The van der Waals surface area contributed by atoms with Gasteiger partial charge in [-0.25, -0.2) is 4.39 Å². The molecule has 1 unspecified atom stereocenters. The van der Waals surface area contributed by atoms with Crippen LogP contribution in [-0.4, -0.2) is 16.9 Å². The monoisotopic (exact) mass is 262 g/mol. The first kappa shape index (κ1) is 13.6. The average molecular weight is 262 g/mol. The van der Waals surface area contributed by atoms with Crippen LogP contribution in [0.25, 0.3) is 10.9 Å². The average Bonchev–Trinajstić information content (AvgIpc) is 2.70. The van der Waals surface area contributed by atoms with Crippen LogP contribution in [0.15, 0.2) is 24.4 Å². The van der Waals surface area contributed by atoms with E-state index in [-0.39, 0.29) is 23.2 Å². The Labute approximate surface area is 112 Å². The van der Waals surface area contributed by atoms with E-state index in [4.69, 9.17) is 0 Å². The zero-order chi connectivity index (χ0) is 14.2. The summed E-state index contributed by atoms with van der Waals surface area (Å²) in [6.45, 7) is 8.19. The van der Waals surface area contributed by atoms with Crippen LogP contribution in [0.4, 0.5) is 4.39 Å². The Balaban J connectivity index is 2.27. The van der Waals surface area contributed by atoms with Crippen LogP contribution in [0.5, 0.6) is 0 Å². The second-order valence-corrected chi connectivity index (χ2v) is 5.95. The molecule has 0 fully saturated rings. The van der Waals surface area contributed by atoms with Gasteiger partial charge in [0.15, 0.2) is 0 Å². The minimum atomic E-state index is -0.315. The number of hydrogen-bond acceptors (Lipinski definition) is 1. The molecular weight excluding hydrogens is 243 g/mol. The van der Waals surface area contributed by atoms with Crippen LogP contribution in [0.3, 0.4) is 0 Å². The van der Waals surface area contributed by atoms with Gasteiger partial charge in [0.2, 0.25) is 0 Å². The minimum Gasteiger partial charge on any atom is -0.360 e. The lowest BCUT2D eigenvalue weighted by Gasteiger charge is -2.27. The van der Waals surface area contributed by atoms with Crippen LogP contribution in [0, 0.1) is 11.2 Å². The fourth-order valence-electron chi connectivity index (χ4n) is 1.78. The molecule has 4 heteroatoms. The molecule has 0 saturated carbocycles. The Bertz CT molecular complexity index is 610. The van der Waals surface area contributed by atoms with E-state index in [2.05, 4.69) is 31.1 Å². The molecule has 2 rings (SSSR count). The molecule has 1 aromatic heterocycles. The molecule has 0 aliphatic carbocycles. The Kier molecular flexibility index (Phi) is 3.35. The predicted molar refractivity (Wildman–Crippen MR) is 74.6 cm³/mol. The highest BCUT2D eigenvalue weighted by Gasteiger charge is 2.23. The van der Waals surface area contributed by atoms with Gasteiger partial charge in [0, 0.05) is 23.1 Å². The van der Waals surface area contributed by atoms with E-state index in [0.29, 0.717) is 11.1 Å². The van der Waals surface area contributed by atoms with Gasteiger partial charge in [0.1, 0.15) is 5.82 Å².